The highest BCUT2D eigenvalue weighted by molar-refractivity contribution is 5.79. The van der Waals surface area contributed by atoms with E-state index >= 15 is 0 Å². The Hall–Kier alpha value is -2.00. The first kappa shape index (κ1) is 11.1. The number of nitrogens with one attached hydrogen (secondary N) is 1. The maximum Gasteiger partial charge on any atom is 0.117 e. The van der Waals surface area contributed by atoms with Gasteiger partial charge in [0.2, 0.25) is 0 Å². The Kier molecular flexibility index (Phi) is 3.15. The lowest BCUT2D eigenvalue weighted by molar-refractivity contribution is 0.477. The second-order valence-corrected chi connectivity index (χ2v) is 4.32. The first-order valence-electron chi connectivity index (χ1n) is 6.20. The van der Waals surface area contributed by atoms with Crippen molar-refractivity contribution in [1.82, 2.24) is 9.88 Å². The molecule has 0 aliphatic carbocycles. The van der Waals surface area contributed by atoms with Gasteiger partial charge in [0.1, 0.15) is 5.76 Å². The van der Waals surface area contributed by atoms with Crippen molar-refractivity contribution in [3.05, 3.63) is 60.7 Å². The summed E-state index contributed by atoms with van der Waals surface area (Å²) in [4.78, 5) is 0. The summed E-state index contributed by atoms with van der Waals surface area (Å²) in [6, 6.07) is 14.5. The largest absolute Gasteiger partial charge is 0.468 e. The number of furan rings is 1. The van der Waals surface area contributed by atoms with Crippen LogP contribution in [-0.2, 0) is 13.1 Å². The molecule has 0 atom stereocenters. The van der Waals surface area contributed by atoms with Gasteiger partial charge in [-0.05, 0) is 29.7 Å². The quantitative estimate of drug-likeness (QED) is 0.695. The van der Waals surface area contributed by atoms with Gasteiger partial charge in [-0.1, -0.05) is 18.2 Å². The predicted octanol–water partition coefficient (Wildman–Crippen LogP) is 3.02. The molecule has 0 saturated carbocycles. The zero-order chi connectivity index (χ0) is 12.2. The highest BCUT2D eigenvalue weighted by atomic mass is 16.3. The number of para-hydroxylation sites is 1. The number of fused-ring (bicyclic) bond motifs is 1. The van der Waals surface area contributed by atoms with Gasteiger partial charge in [0.15, 0.2) is 0 Å². The minimum absolute atomic E-state index is 0.784. The van der Waals surface area contributed by atoms with Crippen molar-refractivity contribution < 1.29 is 4.42 Å². The first-order chi connectivity index (χ1) is 8.93. The molecular formula is C15H16N2O. The molecule has 1 N–H and O–H groups in total. The number of hydrogen-bond donors (Lipinski definition) is 1. The fraction of sp³-hybridized carbons (Fsp3) is 0.200. The standard InChI is InChI=1S/C15H16N2O/c1-2-6-15-13(4-1)7-9-17(15)10-8-16-12-14-5-3-11-18-14/h1-7,9,11,16H,8,10,12H2. The molecule has 3 heteroatoms. The third-order valence-corrected chi connectivity index (χ3v) is 3.09. The van der Waals surface area contributed by atoms with Crippen molar-refractivity contribution >= 4 is 10.9 Å². The monoisotopic (exact) mass is 240 g/mol. The fourth-order valence-corrected chi connectivity index (χ4v) is 2.16. The number of nitrogens with zero attached hydrogens (tertiary/aromatic N) is 1. The van der Waals surface area contributed by atoms with Crippen molar-refractivity contribution in [3.63, 3.8) is 0 Å². The summed E-state index contributed by atoms with van der Waals surface area (Å²) in [5.74, 6) is 0.979. The predicted molar refractivity (Wildman–Crippen MR) is 72.4 cm³/mol. The van der Waals surface area contributed by atoms with Crippen LogP contribution < -0.4 is 5.32 Å². The molecule has 0 amide bonds. The van der Waals surface area contributed by atoms with E-state index in [1.165, 1.54) is 10.9 Å². The van der Waals surface area contributed by atoms with Crippen molar-refractivity contribution in [2.45, 2.75) is 13.1 Å². The Morgan fingerprint density at radius 2 is 2.00 bits per heavy atom. The summed E-state index contributed by atoms with van der Waals surface area (Å²) in [7, 11) is 0. The van der Waals surface area contributed by atoms with Crippen LogP contribution >= 0.6 is 0 Å². The summed E-state index contributed by atoms with van der Waals surface area (Å²) in [6.45, 7) is 2.68. The molecule has 3 nitrogen and oxygen atoms in total. The van der Waals surface area contributed by atoms with Crippen molar-refractivity contribution in [1.29, 1.82) is 0 Å². The van der Waals surface area contributed by atoms with Gasteiger partial charge >= 0.3 is 0 Å². The minimum Gasteiger partial charge on any atom is -0.468 e. The number of benzene rings is 1. The van der Waals surface area contributed by atoms with Crippen LogP contribution in [0.5, 0.6) is 0 Å². The highest BCUT2D eigenvalue weighted by Gasteiger charge is 1.99. The molecule has 18 heavy (non-hydrogen) atoms. The van der Waals surface area contributed by atoms with Crippen molar-refractivity contribution in [2.24, 2.45) is 0 Å². The van der Waals surface area contributed by atoms with Gasteiger partial charge < -0.3 is 14.3 Å². The maximum absolute atomic E-state index is 5.27. The van der Waals surface area contributed by atoms with E-state index in [1.54, 1.807) is 6.26 Å². The first-order valence-corrected chi connectivity index (χ1v) is 6.20. The van der Waals surface area contributed by atoms with E-state index in [1.807, 2.05) is 12.1 Å². The minimum atomic E-state index is 0.784. The van der Waals surface area contributed by atoms with Crippen LogP contribution in [0.4, 0.5) is 0 Å². The second-order valence-electron chi connectivity index (χ2n) is 4.32. The molecule has 0 aliphatic heterocycles. The fourth-order valence-electron chi connectivity index (χ4n) is 2.16. The lowest BCUT2D eigenvalue weighted by atomic mass is 10.2. The molecule has 3 rings (SSSR count). The van der Waals surface area contributed by atoms with Crippen LogP contribution in [0.3, 0.4) is 0 Å². The molecule has 2 heterocycles. The van der Waals surface area contributed by atoms with Gasteiger partial charge in [0.25, 0.3) is 0 Å². The van der Waals surface area contributed by atoms with Crippen LogP contribution in [0.2, 0.25) is 0 Å². The van der Waals surface area contributed by atoms with E-state index in [4.69, 9.17) is 4.42 Å². The van der Waals surface area contributed by atoms with Crippen LogP contribution in [-0.4, -0.2) is 11.1 Å². The van der Waals surface area contributed by atoms with E-state index in [0.717, 1.165) is 25.4 Å². The maximum atomic E-state index is 5.27. The molecule has 1 aromatic carbocycles. The SMILES string of the molecule is c1coc(CNCCn2ccc3ccccc32)c1. The summed E-state index contributed by atoms with van der Waals surface area (Å²) < 4.78 is 7.54. The molecule has 0 aliphatic rings. The third-order valence-electron chi connectivity index (χ3n) is 3.09. The zero-order valence-corrected chi connectivity index (χ0v) is 10.2. The Bertz CT molecular complexity index is 610. The van der Waals surface area contributed by atoms with E-state index in [2.05, 4.69) is 46.4 Å². The van der Waals surface area contributed by atoms with E-state index in [9.17, 15) is 0 Å². The lowest BCUT2D eigenvalue weighted by Gasteiger charge is -2.06. The van der Waals surface area contributed by atoms with E-state index < -0.39 is 0 Å². The average molecular weight is 240 g/mol. The highest BCUT2D eigenvalue weighted by Crippen LogP contribution is 2.14. The second kappa shape index (κ2) is 5.10. The average Bonchev–Trinajstić information content (AvgIpc) is 3.04. The number of rotatable bonds is 5. The van der Waals surface area contributed by atoms with Gasteiger partial charge in [0.05, 0.1) is 12.8 Å². The third kappa shape index (κ3) is 2.31. The summed E-state index contributed by atoms with van der Waals surface area (Å²) in [6.07, 6.45) is 3.84. The molecule has 0 radical (unpaired) electrons. The Morgan fingerprint density at radius 1 is 1.06 bits per heavy atom. The van der Waals surface area contributed by atoms with Gasteiger partial charge in [0, 0.05) is 24.8 Å². The van der Waals surface area contributed by atoms with Crippen LogP contribution in [0.1, 0.15) is 5.76 Å². The van der Waals surface area contributed by atoms with E-state index in [0.29, 0.717) is 0 Å². The van der Waals surface area contributed by atoms with Crippen LogP contribution in [0.15, 0.2) is 59.3 Å². The summed E-state index contributed by atoms with van der Waals surface area (Å²) in [5, 5.41) is 4.67. The van der Waals surface area contributed by atoms with E-state index in [-0.39, 0.29) is 0 Å². The number of hydrogen-bond acceptors (Lipinski definition) is 2. The molecule has 0 bridgehead atoms. The van der Waals surface area contributed by atoms with Gasteiger partial charge in [-0.15, -0.1) is 0 Å². The molecular weight excluding hydrogens is 224 g/mol. The Labute approximate surface area is 106 Å². The van der Waals surface area contributed by atoms with Crippen LogP contribution in [0.25, 0.3) is 10.9 Å². The summed E-state index contributed by atoms with van der Waals surface area (Å²) in [5.41, 5.74) is 1.29. The van der Waals surface area contributed by atoms with Crippen LogP contribution in [0, 0.1) is 0 Å². The normalized spacial score (nSPS) is 11.1. The Morgan fingerprint density at radius 3 is 2.89 bits per heavy atom. The number of aromatic nitrogens is 1. The molecule has 0 saturated heterocycles. The summed E-state index contributed by atoms with van der Waals surface area (Å²) >= 11 is 0. The lowest BCUT2D eigenvalue weighted by Crippen LogP contribution is -2.18. The molecule has 0 unspecified atom stereocenters. The molecule has 2 aromatic heterocycles. The zero-order valence-electron chi connectivity index (χ0n) is 10.2. The molecule has 3 aromatic rings. The van der Waals surface area contributed by atoms with Gasteiger partial charge in [-0.3, -0.25) is 0 Å². The van der Waals surface area contributed by atoms with Crippen molar-refractivity contribution in [3.8, 4) is 0 Å². The smallest absolute Gasteiger partial charge is 0.117 e. The molecule has 92 valence electrons. The Balaban J connectivity index is 1.57. The van der Waals surface area contributed by atoms with Gasteiger partial charge in [-0.2, -0.15) is 0 Å². The van der Waals surface area contributed by atoms with Gasteiger partial charge in [-0.25, -0.2) is 0 Å². The molecule has 0 fully saturated rings. The van der Waals surface area contributed by atoms with Crippen molar-refractivity contribution in [2.75, 3.05) is 6.54 Å². The topological polar surface area (TPSA) is 30.1 Å². The molecule has 0 spiro atoms.